The minimum atomic E-state index is 0.839. The van der Waals surface area contributed by atoms with Gasteiger partial charge >= 0.3 is 0 Å². The van der Waals surface area contributed by atoms with Crippen LogP contribution in [0.25, 0.3) is 0 Å². The van der Waals surface area contributed by atoms with Crippen molar-refractivity contribution < 1.29 is 0 Å². The van der Waals surface area contributed by atoms with Gasteiger partial charge in [0.25, 0.3) is 0 Å². The lowest BCUT2D eigenvalue weighted by molar-refractivity contribution is 0.804. The molecule has 64 valence electrons. The molecule has 0 heterocycles. The highest BCUT2D eigenvalue weighted by Crippen LogP contribution is 1.93. The molecule has 12 heavy (non-hydrogen) atoms. The third-order valence-corrected chi connectivity index (χ3v) is 1.53. The van der Waals surface area contributed by atoms with Crippen molar-refractivity contribution in [1.29, 1.82) is 0 Å². The molecule has 0 saturated carbocycles. The zero-order valence-electron chi connectivity index (χ0n) is 7.33. The van der Waals surface area contributed by atoms with Crippen molar-refractivity contribution in [3.05, 3.63) is 35.9 Å². The standard InChI is InChI=1S/C10H14N2/c1-11-7-8-12-9-10-5-3-2-4-6-10/h2-6,9,11H,7-8H2,1H3/b12-9+. The molecule has 0 aliphatic carbocycles. The van der Waals surface area contributed by atoms with Gasteiger partial charge < -0.3 is 5.32 Å². The van der Waals surface area contributed by atoms with Crippen LogP contribution in [0.4, 0.5) is 0 Å². The highest BCUT2D eigenvalue weighted by atomic mass is 14.9. The van der Waals surface area contributed by atoms with Crippen molar-refractivity contribution in [3.63, 3.8) is 0 Å². The van der Waals surface area contributed by atoms with E-state index in [1.54, 1.807) is 0 Å². The Balaban J connectivity index is 2.36. The van der Waals surface area contributed by atoms with Crippen molar-refractivity contribution in [1.82, 2.24) is 5.32 Å². The third kappa shape index (κ3) is 3.30. The molecule has 0 unspecified atom stereocenters. The number of benzene rings is 1. The molecule has 1 N–H and O–H groups in total. The monoisotopic (exact) mass is 162 g/mol. The van der Waals surface area contributed by atoms with Gasteiger partial charge in [0.1, 0.15) is 0 Å². The minimum absolute atomic E-state index is 0.839. The second kappa shape index (κ2) is 5.49. The molecule has 1 aromatic carbocycles. The predicted molar refractivity (Wildman–Crippen MR) is 52.8 cm³/mol. The smallest absolute Gasteiger partial charge is 0.0514 e. The van der Waals surface area contributed by atoms with E-state index in [1.807, 2.05) is 43.6 Å². The average molecular weight is 162 g/mol. The predicted octanol–water partition coefficient (Wildman–Crippen LogP) is 1.32. The number of rotatable bonds is 4. The van der Waals surface area contributed by atoms with E-state index in [1.165, 1.54) is 0 Å². The molecule has 0 spiro atoms. The van der Waals surface area contributed by atoms with Crippen LogP contribution in [-0.4, -0.2) is 26.4 Å². The largest absolute Gasteiger partial charge is 0.318 e. The van der Waals surface area contributed by atoms with Gasteiger partial charge in [0.15, 0.2) is 0 Å². The summed E-state index contributed by atoms with van der Waals surface area (Å²) in [5.74, 6) is 0. The Morgan fingerprint density at radius 3 is 2.75 bits per heavy atom. The third-order valence-electron chi connectivity index (χ3n) is 1.53. The second-order valence-electron chi connectivity index (χ2n) is 2.55. The summed E-state index contributed by atoms with van der Waals surface area (Å²) >= 11 is 0. The van der Waals surface area contributed by atoms with Crippen LogP contribution >= 0.6 is 0 Å². The van der Waals surface area contributed by atoms with Crippen molar-refractivity contribution in [2.45, 2.75) is 0 Å². The quantitative estimate of drug-likeness (QED) is 0.524. The molecule has 0 bridgehead atoms. The summed E-state index contributed by atoms with van der Waals surface area (Å²) in [6, 6.07) is 10.1. The summed E-state index contributed by atoms with van der Waals surface area (Å²) in [6.07, 6.45) is 1.90. The summed E-state index contributed by atoms with van der Waals surface area (Å²) in [5, 5.41) is 3.04. The maximum Gasteiger partial charge on any atom is 0.0514 e. The van der Waals surface area contributed by atoms with Gasteiger partial charge in [-0.15, -0.1) is 0 Å². The van der Waals surface area contributed by atoms with Gasteiger partial charge in [0.2, 0.25) is 0 Å². The van der Waals surface area contributed by atoms with E-state index < -0.39 is 0 Å². The Hall–Kier alpha value is -1.15. The molecule has 0 atom stereocenters. The minimum Gasteiger partial charge on any atom is -0.318 e. The fraction of sp³-hybridized carbons (Fsp3) is 0.300. The van der Waals surface area contributed by atoms with Crippen LogP contribution in [0.5, 0.6) is 0 Å². The van der Waals surface area contributed by atoms with E-state index in [0.717, 1.165) is 18.7 Å². The first kappa shape index (κ1) is 8.94. The summed E-state index contributed by atoms with van der Waals surface area (Å²) in [6.45, 7) is 1.77. The first-order valence-corrected chi connectivity index (χ1v) is 4.13. The molecular formula is C10H14N2. The molecule has 2 nitrogen and oxygen atoms in total. The van der Waals surface area contributed by atoms with Gasteiger partial charge in [-0.2, -0.15) is 0 Å². The number of nitrogens with zero attached hydrogens (tertiary/aromatic N) is 1. The zero-order valence-corrected chi connectivity index (χ0v) is 7.33. The molecule has 2 heteroatoms. The van der Waals surface area contributed by atoms with E-state index in [4.69, 9.17) is 0 Å². The van der Waals surface area contributed by atoms with Crippen LogP contribution in [0.15, 0.2) is 35.3 Å². The van der Waals surface area contributed by atoms with Crippen LogP contribution in [-0.2, 0) is 0 Å². The van der Waals surface area contributed by atoms with Crippen molar-refractivity contribution in [3.8, 4) is 0 Å². The maximum atomic E-state index is 4.24. The molecule has 0 radical (unpaired) electrons. The van der Waals surface area contributed by atoms with Gasteiger partial charge in [-0.25, -0.2) is 0 Å². The highest BCUT2D eigenvalue weighted by molar-refractivity contribution is 5.79. The SMILES string of the molecule is CNCC/N=C/c1ccccc1. The Bertz CT molecular complexity index is 229. The summed E-state index contributed by atoms with van der Waals surface area (Å²) in [7, 11) is 1.93. The van der Waals surface area contributed by atoms with Crippen molar-refractivity contribution in [2.24, 2.45) is 4.99 Å². The number of hydrogen-bond acceptors (Lipinski definition) is 2. The van der Waals surface area contributed by atoms with E-state index in [2.05, 4.69) is 10.3 Å². The molecule has 0 amide bonds. The molecule has 1 rings (SSSR count). The van der Waals surface area contributed by atoms with Crippen LogP contribution < -0.4 is 5.32 Å². The fourth-order valence-electron chi connectivity index (χ4n) is 0.885. The maximum absolute atomic E-state index is 4.24. The fourth-order valence-corrected chi connectivity index (χ4v) is 0.885. The molecule has 0 aliphatic heterocycles. The number of aliphatic imine (C=N–C) groups is 1. The van der Waals surface area contributed by atoms with E-state index in [0.29, 0.717) is 0 Å². The molecule has 0 aliphatic rings. The van der Waals surface area contributed by atoms with Crippen molar-refractivity contribution in [2.75, 3.05) is 20.1 Å². The van der Waals surface area contributed by atoms with Crippen LogP contribution in [0, 0.1) is 0 Å². The normalized spacial score (nSPS) is 10.8. The topological polar surface area (TPSA) is 24.4 Å². The summed E-state index contributed by atoms with van der Waals surface area (Å²) in [4.78, 5) is 4.24. The summed E-state index contributed by atoms with van der Waals surface area (Å²) < 4.78 is 0. The van der Waals surface area contributed by atoms with E-state index in [9.17, 15) is 0 Å². The number of nitrogens with one attached hydrogen (secondary N) is 1. The van der Waals surface area contributed by atoms with Gasteiger partial charge in [0.05, 0.1) is 6.54 Å². The number of hydrogen-bond donors (Lipinski definition) is 1. The summed E-state index contributed by atoms with van der Waals surface area (Å²) in [5.41, 5.74) is 1.16. The van der Waals surface area contributed by atoms with Crippen LogP contribution in [0.3, 0.4) is 0 Å². The lowest BCUT2D eigenvalue weighted by Crippen LogP contribution is -2.10. The van der Waals surface area contributed by atoms with E-state index in [-0.39, 0.29) is 0 Å². The van der Waals surface area contributed by atoms with Crippen molar-refractivity contribution >= 4 is 6.21 Å². The van der Waals surface area contributed by atoms with E-state index >= 15 is 0 Å². The number of likely N-dealkylation sites (N-methyl/N-ethyl adjacent to an activating group) is 1. The zero-order chi connectivity index (χ0) is 8.65. The lowest BCUT2D eigenvalue weighted by atomic mass is 10.2. The molecular weight excluding hydrogens is 148 g/mol. The molecule has 0 aromatic heterocycles. The molecule has 0 saturated heterocycles. The first-order valence-electron chi connectivity index (χ1n) is 4.13. The van der Waals surface area contributed by atoms with Gasteiger partial charge in [-0.05, 0) is 12.6 Å². The Kier molecular flexibility index (Phi) is 4.09. The second-order valence-corrected chi connectivity index (χ2v) is 2.55. The average Bonchev–Trinajstić information content (AvgIpc) is 2.14. The van der Waals surface area contributed by atoms with Gasteiger partial charge in [-0.1, -0.05) is 30.3 Å². The molecule has 1 aromatic rings. The molecule has 0 fully saturated rings. The van der Waals surface area contributed by atoms with Crippen LogP contribution in [0.2, 0.25) is 0 Å². The Labute approximate surface area is 73.3 Å². The lowest BCUT2D eigenvalue weighted by Gasteiger charge is -1.92. The van der Waals surface area contributed by atoms with Gasteiger partial charge in [-0.3, -0.25) is 4.99 Å². The van der Waals surface area contributed by atoms with Crippen LogP contribution in [0.1, 0.15) is 5.56 Å². The Morgan fingerprint density at radius 2 is 2.08 bits per heavy atom. The Morgan fingerprint density at radius 1 is 1.33 bits per heavy atom. The first-order chi connectivity index (χ1) is 5.93. The van der Waals surface area contributed by atoms with Gasteiger partial charge in [0, 0.05) is 12.8 Å². The highest BCUT2D eigenvalue weighted by Gasteiger charge is 1.82.